The summed E-state index contributed by atoms with van der Waals surface area (Å²) in [5.41, 5.74) is 0.663. The van der Waals surface area contributed by atoms with Crippen molar-refractivity contribution >= 4 is 16.8 Å². The first-order chi connectivity index (χ1) is 6.68. The van der Waals surface area contributed by atoms with Crippen LogP contribution >= 0.6 is 0 Å². The van der Waals surface area contributed by atoms with Gasteiger partial charge >= 0.3 is 0 Å². The van der Waals surface area contributed by atoms with Gasteiger partial charge in [-0.15, -0.1) is 0 Å². The van der Waals surface area contributed by atoms with Gasteiger partial charge in [0.15, 0.2) is 5.76 Å². The second-order valence-corrected chi connectivity index (χ2v) is 3.19. The van der Waals surface area contributed by atoms with Crippen molar-refractivity contribution < 1.29 is 14.3 Å². The number of Topliss-reactive ketones (excluding diaryl/α,β-unsaturated/α-hetero) is 1. The number of ketones is 1. The van der Waals surface area contributed by atoms with Crippen molar-refractivity contribution in [3.05, 3.63) is 36.1 Å². The fourth-order valence-corrected chi connectivity index (χ4v) is 1.31. The van der Waals surface area contributed by atoms with Crippen LogP contribution in [-0.2, 0) is 0 Å². The lowest BCUT2D eigenvalue weighted by Crippen LogP contribution is -2.14. The van der Waals surface area contributed by atoms with Crippen LogP contribution in [0.2, 0.25) is 0 Å². The van der Waals surface area contributed by atoms with E-state index in [1.54, 1.807) is 12.1 Å². The number of hydrogen-bond acceptors (Lipinski definition) is 3. The smallest absolute Gasteiger partial charge is 0.226 e. The molecule has 1 heterocycles. The summed E-state index contributed by atoms with van der Waals surface area (Å²) in [6, 6.07) is 8.99. The number of hydrogen-bond donors (Lipinski definition) is 1. The lowest BCUT2D eigenvalue weighted by molar-refractivity contribution is 0.0752. The van der Waals surface area contributed by atoms with Crippen molar-refractivity contribution in [1.29, 1.82) is 0 Å². The van der Waals surface area contributed by atoms with E-state index in [0.29, 0.717) is 5.58 Å². The number of furan rings is 1. The zero-order chi connectivity index (χ0) is 10.1. The highest BCUT2D eigenvalue weighted by Crippen LogP contribution is 2.19. The van der Waals surface area contributed by atoms with Crippen molar-refractivity contribution in [2.45, 2.75) is 13.0 Å². The Hall–Kier alpha value is -1.61. The van der Waals surface area contributed by atoms with Crippen molar-refractivity contribution in [2.24, 2.45) is 0 Å². The summed E-state index contributed by atoms with van der Waals surface area (Å²) >= 11 is 0. The summed E-state index contributed by atoms with van der Waals surface area (Å²) in [7, 11) is 0. The lowest BCUT2D eigenvalue weighted by atomic mass is 10.2. The molecule has 1 aromatic carbocycles. The van der Waals surface area contributed by atoms with Crippen LogP contribution in [0.1, 0.15) is 17.5 Å². The second kappa shape index (κ2) is 3.27. The maximum Gasteiger partial charge on any atom is 0.226 e. The molecule has 2 aromatic rings. The molecule has 0 fully saturated rings. The van der Waals surface area contributed by atoms with Gasteiger partial charge in [0.2, 0.25) is 5.78 Å². The molecule has 0 bridgehead atoms. The maximum absolute atomic E-state index is 11.4. The fraction of sp³-hybridized carbons (Fsp3) is 0.182. The van der Waals surface area contributed by atoms with Crippen LogP contribution in [0.4, 0.5) is 0 Å². The zero-order valence-corrected chi connectivity index (χ0v) is 7.73. The second-order valence-electron chi connectivity index (χ2n) is 3.19. The van der Waals surface area contributed by atoms with Gasteiger partial charge < -0.3 is 9.52 Å². The molecule has 1 N–H and O–H groups in total. The van der Waals surface area contributed by atoms with E-state index >= 15 is 0 Å². The molecule has 0 unspecified atom stereocenters. The third-order valence-electron chi connectivity index (χ3n) is 2.05. The summed E-state index contributed by atoms with van der Waals surface area (Å²) in [6.07, 6.45) is -1.02. The van der Waals surface area contributed by atoms with Gasteiger partial charge in [-0.3, -0.25) is 4.79 Å². The first-order valence-electron chi connectivity index (χ1n) is 4.39. The topological polar surface area (TPSA) is 50.4 Å². The molecule has 0 amide bonds. The standard InChI is InChI=1S/C11H10O3/c1-7(12)11(13)10-6-8-4-2-3-5-9(8)14-10/h2-7,12H,1H3/t7-/m0/s1. The fourth-order valence-electron chi connectivity index (χ4n) is 1.31. The number of carbonyl (C=O) groups is 1. The van der Waals surface area contributed by atoms with Gasteiger partial charge in [-0.1, -0.05) is 18.2 Å². The van der Waals surface area contributed by atoms with Crippen LogP contribution < -0.4 is 0 Å². The van der Waals surface area contributed by atoms with Crippen molar-refractivity contribution in [1.82, 2.24) is 0 Å². The number of benzene rings is 1. The van der Waals surface area contributed by atoms with Crippen LogP contribution in [0.25, 0.3) is 11.0 Å². The lowest BCUT2D eigenvalue weighted by Gasteiger charge is -1.97. The van der Waals surface area contributed by atoms with Crippen LogP contribution in [0.15, 0.2) is 34.7 Å². The maximum atomic E-state index is 11.4. The molecule has 72 valence electrons. The molecular formula is C11H10O3. The molecule has 0 saturated carbocycles. The third-order valence-corrected chi connectivity index (χ3v) is 2.05. The van der Waals surface area contributed by atoms with Crippen molar-refractivity contribution in [3.63, 3.8) is 0 Å². The largest absolute Gasteiger partial charge is 0.453 e. The van der Waals surface area contributed by atoms with Gasteiger partial charge in [0.25, 0.3) is 0 Å². The Morgan fingerprint density at radius 3 is 2.79 bits per heavy atom. The number of aliphatic hydroxyl groups excluding tert-OH is 1. The van der Waals surface area contributed by atoms with Crippen LogP contribution in [0.5, 0.6) is 0 Å². The van der Waals surface area contributed by atoms with E-state index in [1.807, 2.05) is 18.2 Å². The summed E-state index contributed by atoms with van der Waals surface area (Å²) in [4.78, 5) is 11.4. The van der Waals surface area contributed by atoms with Gasteiger partial charge in [0.1, 0.15) is 11.7 Å². The van der Waals surface area contributed by atoms with E-state index in [9.17, 15) is 4.79 Å². The highest BCUT2D eigenvalue weighted by atomic mass is 16.4. The number of para-hydroxylation sites is 1. The highest BCUT2D eigenvalue weighted by Gasteiger charge is 2.16. The molecule has 0 saturated heterocycles. The zero-order valence-electron chi connectivity index (χ0n) is 7.73. The Bertz CT molecular complexity index is 435. The van der Waals surface area contributed by atoms with Gasteiger partial charge in [0.05, 0.1) is 0 Å². The van der Waals surface area contributed by atoms with Crippen molar-refractivity contribution in [3.8, 4) is 0 Å². The molecule has 0 aliphatic heterocycles. The number of aliphatic hydroxyl groups is 1. The monoisotopic (exact) mass is 190 g/mol. The Morgan fingerprint density at radius 2 is 2.14 bits per heavy atom. The first kappa shape index (κ1) is 8.97. The molecule has 0 aliphatic carbocycles. The van der Waals surface area contributed by atoms with E-state index < -0.39 is 6.10 Å². The number of rotatable bonds is 2. The summed E-state index contributed by atoms with van der Waals surface area (Å²) in [6.45, 7) is 1.43. The number of fused-ring (bicyclic) bond motifs is 1. The van der Waals surface area contributed by atoms with Gasteiger partial charge in [-0.25, -0.2) is 0 Å². The Morgan fingerprint density at radius 1 is 1.43 bits per heavy atom. The van der Waals surface area contributed by atoms with E-state index in [0.717, 1.165) is 5.39 Å². The first-order valence-corrected chi connectivity index (χ1v) is 4.39. The Kier molecular flexibility index (Phi) is 2.09. The minimum Gasteiger partial charge on any atom is -0.453 e. The summed E-state index contributed by atoms with van der Waals surface area (Å²) in [5, 5.41) is 9.96. The molecule has 0 aliphatic rings. The molecule has 3 nitrogen and oxygen atoms in total. The van der Waals surface area contributed by atoms with E-state index in [2.05, 4.69) is 0 Å². The summed E-state index contributed by atoms with van der Waals surface area (Å²) < 4.78 is 5.28. The average Bonchev–Trinajstić information content (AvgIpc) is 2.59. The molecule has 0 spiro atoms. The van der Waals surface area contributed by atoms with Gasteiger partial charge in [-0.05, 0) is 19.1 Å². The molecule has 0 radical (unpaired) electrons. The molecular weight excluding hydrogens is 180 g/mol. The van der Waals surface area contributed by atoms with Crippen LogP contribution in [0.3, 0.4) is 0 Å². The number of carbonyl (C=O) groups excluding carboxylic acids is 1. The van der Waals surface area contributed by atoms with Gasteiger partial charge in [-0.2, -0.15) is 0 Å². The van der Waals surface area contributed by atoms with Crippen LogP contribution in [0, 0.1) is 0 Å². The molecule has 3 heteroatoms. The highest BCUT2D eigenvalue weighted by molar-refractivity contribution is 5.99. The van der Waals surface area contributed by atoms with E-state index in [-0.39, 0.29) is 11.5 Å². The Balaban J connectivity index is 2.50. The molecule has 14 heavy (non-hydrogen) atoms. The predicted octanol–water partition coefficient (Wildman–Crippen LogP) is 2.00. The quantitative estimate of drug-likeness (QED) is 0.737. The van der Waals surface area contributed by atoms with Crippen molar-refractivity contribution in [2.75, 3.05) is 0 Å². The molecule has 1 atom stereocenters. The third kappa shape index (κ3) is 1.42. The van der Waals surface area contributed by atoms with Crippen LogP contribution in [-0.4, -0.2) is 17.0 Å². The normalized spacial score (nSPS) is 13.0. The van der Waals surface area contributed by atoms with E-state index in [1.165, 1.54) is 6.92 Å². The molecule has 2 rings (SSSR count). The van der Waals surface area contributed by atoms with E-state index in [4.69, 9.17) is 9.52 Å². The average molecular weight is 190 g/mol. The SMILES string of the molecule is C[C@H](O)C(=O)c1cc2ccccc2o1. The van der Waals surface area contributed by atoms with Gasteiger partial charge in [0, 0.05) is 5.39 Å². The minimum absolute atomic E-state index is 0.209. The predicted molar refractivity (Wildman–Crippen MR) is 52.2 cm³/mol. The summed E-state index contributed by atoms with van der Waals surface area (Å²) in [5.74, 6) is -0.178. The molecule has 1 aromatic heterocycles. The minimum atomic E-state index is -1.02. The Labute approximate surface area is 81.0 Å².